The Morgan fingerprint density at radius 2 is 1.63 bits per heavy atom. The zero-order valence-electron chi connectivity index (χ0n) is 16.5. The Labute approximate surface area is 166 Å². The average molecular weight is 395 g/mol. The van der Waals surface area contributed by atoms with Crippen LogP contribution in [0.1, 0.15) is 36.6 Å². The van der Waals surface area contributed by atoms with Crippen LogP contribution in [0, 0.1) is 0 Å². The average Bonchev–Trinajstić information content (AvgIpc) is 3.08. The molecule has 0 bridgehead atoms. The van der Waals surface area contributed by atoms with Gasteiger partial charge in [-0.3, -0.25) is 4.79 Å². The van der Waals surface area contributed by atoms with Crippen molar-refractivity contribution in [3.05, 3.63) is 17.7 Å². The monoisotopic (exact) mass is 394 g/mol. The molecule has 0 aromatic heterocycles. The Bertz CT molecular complexity index is 649. The van der Waals surface area contributed by atoms with Crippen LogP contribution in [0.2, 0.25) is 0 Å². The summed E-state index contributed by atoms with van der Waals surface area (Å²) in [5.41, 5.74) is 0.962. The first-order chi connectivity index (χ1) is 13.2. The first-order valence-corrected chi connectivity index (χ1v) is 10.7. The molecule has 1 amide bonds. The number of ether oxygens (including phenoxy) is 3. The minimum absolute atomic E-state index is 0.0476. The fourth-order valence-corrected chi connectivity index (χ4v) is 5.08. The zero-order chi connectivity index (χ0) is 19.2. The van der Waals surface area contributed by atoms with E-state index in [2.05, 4.69) is 4.90 Å². The number of benzene rings is 1. The molecule has 150 valence electrons. The first kappa shape index (κ1) is 20.1. The molecule has 2 aliphatic rings. The minimum atomic E-state index is -0.0476. The highest BCUT2D eigenvalue weighted by Crippen LogP contribution is 2.46. The van der Waals surface area contributed by atoms with Crippen LogP contribution in [0.3, 0.4) is 0 Å². The van der Waals surface area contributed by atoms with Crippen molar-refractivity contribution in [2.75, 3.05) is 53.3 Å². The molecule has 0 saturated carbocycles. The first-order valence-electron chi connectivity index (χ1n) is 9.61. The molecular weight excluding hydrogens is 364 g/mol. The normalized spacial score (nSPS) is 20.8. The van der Waals surface area contributed by atoms with Gasteiger partial charge in [0.1, 0.15) is 11.1 Å². The molecule has 6 nitrogen and oxygen atoms in total. The number of carbonyl (C=O) groups excluding carboxylic acids is 1. The Hall–Kier alpha value is -1.60. The van der Waals surface area contributed by atoms with Gasteiger partial charge in [0.05, 0.1) is 27.1 Å². The Kier molecular flexibility index (Phi) is 7.13. The number of hydrogen-bond acceptors (Lipinski definition) is 6. The van der Waals surface area contributed by atoms with Crippen LogP contribution in [0.25, 0.3) is 0 Å². The quantitative estimate of drug-likeness (QED) is 0.675. The second-order valence-corrected chi connectivity index (χ2v) is 8.02. The summed E-state index contributed by atoms with van der Waals surface area (Å²) < 4.78 is 16.4. The third kappa shape index (κ3) is 4.63. The number of methoxy groups -OCH3 is 3. The van der Waals surface area contributed by atoms with Gasteiger partial charge < -0.3 is 24.0 Å². The molecule has 2 fully saturated rings. The lowest BCUT2D eigenvalue weighted by molar-refractivity contribution is -0.128. The number of nitrogens with zero attached hydrogens (tertiary/aromatic N) is 2. The maximum absolute atomic E-state index is 12.5. The van der Waals surface area contributed by atoms with Crippen LogP contribution >= 0.6 is 11.8 Å². The molecule has 3 rings (SSSR count). The number of amides is 1. The van der Waals surface area contributed by atoms with E-state index < -0.39 is 0 Å². The fraction of sp³-hybridized carbons (Fsp3) is 0.650. The molecular formula is C20H30N2O4S. The van der Waals surface area contributed by atoms with Crippen LogP contribution in [0.5, 0.6) is 17.2 Å². The van der Waals surface area contributed by atoms with Crippen molar-refractivity contribution in [3.8, 4) is 17.2 Å². The summed E-state index contributed by atoms with van der Waals surface area (Å²) in [7, 11) is 4.88. The van der Waals surface area contributed by atoms with Gasteiger partial charge in [0.25, 0.3) is 0 Å². The summed E-state index contributed by atoms with van der Waals surface area (Å²) >= 11 is 1.65. The molecule has 1 atom stereocenters. The number of likely N-dealkylation sites (tertiary alicyclic amines) is 1. The van der Waals surface area contributed by atoms with E-state index in [1.165, 1.54) is 32.4 Å². The summed E-state index contributed by atoms with van der Waals surface area (Å²) in [6.45, 7) is 4.21. The van der Waals surface area contributed by atoms with E-state index in [9.17, 15) is 4.79 Å². The maximum Gasteiger partial charge on any atom is 0.233 e. The van der Waals surface area contributed by atoms with Gasteiger partial charge >= 0.3 is 0 Å². The zero-order valence-corrected chi connectivity index (χ0v) is 17.3. The van der Waals surface area contributed by atoms with Gasteiger partial charge in [-0.2, -0.15) is 0 Å². The van der Waals surface area contributed by atoms with Gasteiger partial charge in [0, 0.05) is 18.2 Å². The molecule has 1 aromatic rings. The van der Waals surface area contributed by atoms with Crippen molar-refractivity contribution >= 4 is 17.7 Å². The van der Waals surface area contributed by atoms with Gasteiger partial charge in [-0.15, -0.1) is 11.8 Å². The van der Waals surface area contributed by atoms with E-state index in [0.717, 1.165) is 30.8 Å². The lowest BCUT2D eigenvalue weighted by Crippen LogP contribution is -2.34. The second kappa shape index (κ2) is 9.55. The maximum atomic E-state index is 12.5. The molecule has 1 aromatic carbocycles. The van der Waals surface area contributed by atoms with E-state index >= 15 is 0 Å². The minimum Gasteiger partial charge on any atom is -0.496 e. The lowest BCUT2D eigenvalue weighted by Gasteiger charge is -2.29. The highest BCUT2D eigenvalue weighted by Gasteiger charge is 2.35. The van der Waals surface area contributed by atoms with E-state index in [-0.39, 0.29) is 11.3 Å². The molecule has 27 heavy (non-hydrogen) atoms. The summed E-state index contributed by atoms with van der Waals surface area (Å²) in [5.74, 6) is 2.71. The lowest BCUT2D eigenvalue weighted by atomic mass is 10.1. The number of rotatable bonds is 8. The molecule has 0 radical (unpaired) electrons. The fourth-order valence-electron chi connectivity index (χ4n) is 3.85. The van der Waals surface area contributed by atoms with Gasteiger partial charge in [0.2, 0.25) is 5.91 Å². The molecule has 0 N–H and O–H groups in total. The van der Waals surface area contributed by atoms with Gasteiger partial charge in [-0.1, -0.05) is 6.42 Å². The predicted molar refractivity (Wildman–Crippen MR) is 108 cm³/mol. The summed E-state index contributed by atoms with van der Waals surface area (Å²) in [5, 5.41) is -0.0476. The molecule has 0 spiro atoms. The SMILES string of the molecule is COc1cc(OC)c(C2SCC(=O)N2CCCN2CCCCC2)cc1OC. The van der Waals surface area contributed by atoms with Crippen LogP contribution in [0.15, 0.2) is 12.1 Å². The topological polar surface area (TPSA) is 51.2 Å². The van der Waals surface area contributed by atoms with Crippen molar-refractivity contribution in [2.24, 2.45) is 0 Å². The largest absolute Gasteiger partial charge is 0.496 e. The number of carbonyl (C=O) groups is 1. The van der Waals surface area contributed by atoms with E-state index in [1.54, 1.807) is 33.1 Å². The summed E-state index contributed by atoms with van der Waals surface area (Å²) in [6, 6.07) is 3.77. The Morgan fingerprint density at radius 1 is 0.963 bits per heavy atom. The van der Waals surface area contributed by atoms with E-state index in [1.807, 2.05) is 17.0 Å². The summed E-state index contributed by atoms with van der Waals surface area (Å²) in [4.78, 5) is 17.0. The van der Waals surface area contributed by atoms with Crippen LogP contribution in [-0.2, 0) is 4.79 Å². The highest BCUT2D eigenvalue weighted by atomic mass is 32.2. The van der Waals surface area contributed by atoms with Gasteiger partial charge in [-0.25, -0.2) is 0 Å². The molecule has 2 saturated heterocycles. The number of hydrogen-bond donors (Lipinski definition) is 0. The summed E-state index contributed by atoms with van der Waals surface area (Å²) in [6.07, 6.45) is 4.94. The highest BCUT2D eigenvalue weighted by molar-refractivity contribution is 8.00. The van der Waals surface area contributed by atoms with Crippen molar-refractivity contribution in [3.63, 3.8) is 0 Å². The molecule has 0 aliphatic carbocycles. The number of piperidine rings is 1. The smallest absolute Gasteiger partial charge is 0.233 e. The number of thioether (sulfide) groups is 1. The third-order valence-electron chi connectivity index (χ3n) is 5.29. The second-order valence-electron chi connectivity index (χ2n) is 6.96. The van der Waals surface area contributed by atoms with Crippen LogP contribution in [-0.4, -0.2) is 69.0 Å². The van der Waals surface area contributed by atoms with Crippen molar-refractivity contribution in [1.82, 2.24) is 9.80 Å². The standard InChI is InChI=1S/C20H30N2O4S/c1-24-16-13-18(26-3)17(25-2)12-15(16)20-22(19(23)14-27-20)11-7-10-21-8-5-4-6-9-21/h12-13,20H,4-11,14H2,1-3H3. The molecule has 2 aliphatic heterocycles. The Balaban J connectivity index is 1.72. The van der Waals surface area contributed by atoms with E-state index in [4.69, 9.17) is 14.2 Å². The van der Waals surface area contributed by atoms with Gasteiger partial charge in [0.15, 0.2) is 11.5 Å². The van der Waals surface area contributed by atoms with Crippen LogP contribution in [0.4, 0.5) is 0 Å². The molecule has 2 heterocycles. The van der Waals surface area contributed by atoms with Crippen molar-refractivity contribution in [1.29, 1.82) is 0 Å². The van der Waals surface area contributed by atoms with Crippen LogP contribution < -0.4 is 14.2 Å². The third-order valence-corrected chi connectivity index (χ3v) is 6.53. The predicted octanol–water partition coefficient (Wildman–Crippen LogP) is 3.16. The molecule has 1 unspecified atom stereocenters. The molecule has 7 heteroatoms. The van der Waals surface area contributed by atoms with Gasteiger partial charge in [-0.05, 0) is 45.0 Å². The van der Waals surface area contributed by atoms with Crippen molar-refractivity contribution < 1.29 is 19.0 Å². The van der Waals surface area contributed by atoms with Crippen molar-refractivity contribution in [2.45, 2.75) is 31.1 Å². The van der Waals surface area contributed by atoms with E-state index in [0.29, 0.717) is 17.3 Å². The Morgan fingerprint density at radius 3 is 2.30 bits per heavy atom.